The van der Waals surface area contributed by atoms with E-state index in [-0.39, 0.29) is 24.2 Å². The van der Waals surface area contributed by atoms with Crippen molar-refractivity contribution in [1.29, 1.82) is 0 Å². The Labute approximate surface area is 140 Å². The Bertz CT molecular complexity index is 830. The molecule has 120 valence electrons. The number of nitrogens with zero attached hydrogens (tertiary/aromatic N) is 1. The summed E-state index contributed by atoms with van der Waals surface area (Å²) in [6.07, 6.45) is 1.88. The van der Waals surface area contributed by atoms with Gasteiger partial charge in [-0.3, -0.25) is 9.59 Å². The van der Waals surface area contributed by atoms with Gasteiger partial charge >= 0.3 is 5.97 Å². The quantitative estimate of drug-likeness (QED) is 0.645. The van der Waals surface area contributed by atoms with Crippen LogP contribution in [-0.2, 0) is 19.9 Å². The molecule has 0 bridgehead atoms. The number of benzene rings is 2. The summed E-state index contributed by atoms with van der Waals surface area (Å²) in [6.45, 7) is 4.12. The molecule has 2 aliphatic rings. The Morgan fingerprint density at radius 3 is 2.58 bits per heavy atom. The fourth-order valence-corrected chi connectivity index (χ4v) is 3.83. The first kappa shape index (κ1) is 14.7. The van der Waals surface area contributed by atoms with Gasteiger partial charge in [0, 0.05) is 18.0 Å². The van der Waals surface area contributed by atoms with Crippen molar-refractivity contribution < 1.29 is 14.3 Å². The largest absolute Gasteiger partial charge is 0.443 e. The second kappa shape index (κ2) is 5.34. The third-order valence-electron chi connectivity index (χ3n) is 4.81. The Morgan fingerprint density at radius 2 is 1.83 bits per heavy atom. The van der Waals surface area contributed by atoms with E-state index in [1.807, 2.05) is 54.6 Å². The average molecular weight is 319 g/mol. The van der Waals surface area contributed by atoms with Crippen molar-refractivity contribution in [2.45, 2.75) is 17.9 Å². The average Bonchev–Trinajstić information content (AvgIpc) is 3.08. The minimum Gasteiger partial charge on any atom is -0.443 e. The van der Waals surface area contributed by atoms with E-state index in [0.717, 1.165) is 16.8 Å². The molecule has 0 radical (unpaired) electrons. The number of carbonyl (C=O) groups is 2. The molecule has 2 atom stereocenters. The molecule has 2 heterocycles. The lowest BCUT2D eigenvalue weighted by Gasteiger charge is -2.28. The highest BCUT2D eigenvalue weighted by molar-refractivity contribution is 6.10. The van der Waals surface area contributed by atoms with Crippen molar-refractivity contribution in [3.05, 3.63) is 78.4 Å². The summed E-state index contributed by atoms with van der Waals surface area (Å²) >= 11 is 0. The molecule has 0 aliphatic carbocycles. The summed E-state index contributed by atoms with van der Waals surface area (Å²) in [7, 11) is 0. The number of amides is 1. The number of esters is 1. The van der Waals surface area contributed by atoms with Gasteiger partial charge in [0.05, 0.1) is 12.1 Å². The van der Waals surface area contributed by atoms with E-state index in [2.05, 4.69) is 6.58 Å². The predicted octanol–water partition coefficient (Wildman–Crippen LogP) is 3.15. The molecule has 0 aromatic heterocycles. The topological polar surface area (TPSA) is 46.6 Å². The number of hydrogen-bond donors (Lipinski definition) is 0. The van der Waals surface area contributed by atoms with Crippen LogP contribution in [0.5, 0.6) is 0 Å². The van der Waals surface area contributed by atoms with Gasteiger partial charge in [-0.15, -0.1) is 6.58 Å². The Morgan fingerprint density at radius 1 is 1.12 bits per heavy atom. The lowest BCUT2D eigenvalue weighted by molar-refractivity contribution is -0.157. The molecule has 4 rings (SSSR count). The molecule has 4 nitrogen and oxygen atoms in total. The first-order chi connectivity index (χ1) is 11.7. The molecular formula is C20H17NO3. The molecule has 1 saturated heterocycles. The van der Waals surface area contributed by atoms with Crippen LogP contribution in [0.3, 0.4) is 0 Å². The zero-order chi connectivity index (χ0) is 16.7. The van der Waals surface area contributed by atoms with Gasteiger partial charge in [0.2, 0.25) is 5.60 Å². The van der Waals surface area contributed by atoms with Gasteiger partial charge in [-0.2, -0.15) is 0 Å². The van der Waals surface area contributed by atoms with Crippen molar-refractivity contribution in [3.63, 3.8) is 0 Å². The van der Waals surface area contributed by atoms with Gasteiger partial charge in [0.25, 0.3) is 5.91 Å². The minimum absolute atomic E-state index is 0.191. The van der Waals surface area contributed by atoms with E-state index in [9.17, 15) is 9.59 Å². The maximum absolute atomic E-state index is 13.3. The fraction of sp³-hybridized carbons (Fsp3) is 0.200. The van der Waals surface area contributed by atoms with E-state index in [1.54, 1.807) is 11.0 Å². The fourth-order valence-electron chi connectivity index (χ4n) is 3.83. The second-order valence-electron chi connectivity index (χ2n) is 6.10. The van der Waals surface area contributed by atoms with Crippen LogP contribution in [0.15, 0.2) is 67.3 Å². The number of ether oxygens (including phenoxy) is 1. The lowest BCUT2D eigenvalue weighted by atomic mass is 9.78. The number of rotatable bonds is 3. The number of anilines is 1. The lowest BCUT2D eigenvalue weighted by Crippen LogP contribution is -2.43. The smallest absolute Gasteiger partial charge is 0.308 e. The van der Waals surface area contributed by atoms with E-state index >= 15 is 0 Å². The van der Waals surface area contributed by atoms with Crippen LogP contribution in [-0.4, -0.2) is 18.4 Å². The van der Waals surface area contributed by atoms with Crippen LogP contribution in [0.25, 0.3) is 0 Å². The first-order valence-corrected chi connectivity index (χ1v) is 7.97. The monoisotopic (exact) mass is 319 g/mol. The molecular weight excluding hydrogens is 302 g/mol. The molecule has 1 amide bonds. The van der Waals surface area contributed by atoms with Gasteiger partial charge in [0.1, 0.15) is 0 Å². The first-order valence-electron chi connectivity index (χ1n) is 7.97. The zero-order valence-electron chi connectivity index (χ0n) is 13.1. The van der Waals surface area contributed by atoms with Crippen LogP contribution in [0, 0.1) is 0 Å². The van der Waals surface area contributed by atoms with Crippen molar-refractivity contribution in [2.75, 3.05) is 11.4 Å². The van der Waals surface area contributed by atoms with E-state index in [0.29, 0.717) is 6.54 Å². The van der Waals surface area contributed by atoms with Crippen molar-refractivity contribution >= 4 is 17.6 Å². The van der Waals surface area contributed by atoms with Gasteiger partial charge in [-0.1, -0.05) is 54.6 Å². The summed E-state index contributed by atoms with van der Waals surface area (Å²) in [5, 5.41) is 0. The van der Waals surface area contributed by atoms with Crippen molar-refractivity contribution in [1.82, 2.24) is 0 Å². The highest BCUT2D eigenvalue weighted by Gasteiger charge is 2.62. The number of hydrogen-bond acceptors (Lipinski definition) is 3. The Hall–Kier alpha value is -2.88. The molecule has 0 saturated carbocycles. The van der Waals surface area contributed by atoms with Crippen molar-refractivity contribution in [3.8, 4) is 0 Å². The normalized spacial score (nSPS) is 25.0. The van der Waals surface area contributed by atoms with Crippen LogP contribution >= 0.6 is 0 Å². The van der Waals surface area contributed by atoms with Gasteiger partial charge in [-0.05, 0) is 11.6 Å². The molecule has 0 N–H and O–H groups in total. The molecule has 1 fully saturated rings. The van der Waals surface area contributed by atoms with Gasteiger partial charge < -0.3 is 9.64 Å². The van der Waals surface area contributed by atoms with Crippen molar-refractivity contribution in [2.24, 2.45) is 0 Å². The summed E-state index contributed by atoms with van der Waals surface area (Å²) in [4.78, 5) is 27.2. The molecule has 2 aliphatic heterocycles. The Balaban J connectivity index is 1.93. The highest BCUT2D eigenvalue weighted by atomic mass is 16.6. The molecule has 4 heteroatoms. The summed E-state index contributed by atoms with van der Waals surface area (Å²) < 4.78 is 5.73. The van der Waals surface area contributed by atoms with Gasteiger partial charge in [0.15, 0.2) is 0 Å². The van der Waals surface area contributed by atoms with Gasteiger partial charge in [-0.25, -0.2) is 0 Å². The van der Waals surface area contributed by atoms with E-state index in [1.165, 1.54) is 0 Å². The predicted molar refractivity (Wildman–Crippen MR) is 90.6 cm³/mol. The summed E-state index contributed by atoms with van der Waals surface area (Å²) in [5.41, 5.74) is 1.22. The number of para-hydroxylation sites is 1. The van der Waals surface area contributed by atoms with Crippen LogP contribution in [0.2, 0.25) is 0 Å². The minimum atomic E-state index is -1.27. The maximum Gasteiger partial charge on any atom is 0.308 e. The third-order valence-corrected chi connectivity index (χ3v) is 4.81. The standard InChI is InChI=1S/C20H17NO3/c1-2-12-21-17-11-7-6-10-15(17)20(19(21)23)16(13-18(22)24-20)14-8-4-3-5-9-14/h2-11,16H,1,12-13H2/t16-,20+/m1/s1. The second-order valence-corrected chi connectivity index (χ2v) is 6.10. The van der Waals surface area contributed by atoms with Crippen LogP contribution < -0.4 is 4.90 Å². The number of fused-ring (bicyclic) bond motifs is 2. The summed E-state index contributed by atoms with van der Waals surface area (Å²) in [6, 6.07) is 17.2. The molecule has 1 spiro atoms. The molecule has 24 heavy (non-hydrogen) atoms. The van der Waals surface area contributed by atoms with Crippen LogP contribution in [0.4, 0.5) is 5.69 Å². The van der Waals surface area contributed by atoms with E-state index < -0.39 is 5.60 Å². The zero-order valence-corrected chi connectivity index (χ0v) is 13.1. The SMILES string of the molecule is C=CCN1C(=O)[C@]2(OC(=O)C[C@@H]2c2ccccc2)c2ccccc21. The molecule has 2 aromatic rings. The third kappa shape index (κ3) is 1.86. The Kier molecular flexibility index (Phi) is 3.27. The molecule has 0 unspecified atom stereocenters. The van der Waals surface area contributed by atoms with Crippen LogP contribution in [0.1, 0.15) is 23.5 Å². The number of carbonyl (C=O) groups excluding carboxylic acids is 2. The maximum atomic E-state index is 13.3. The molecule has 2 aromatic carbocycles. The summed E-state index contributed by atoms with van der Waals surface area (Å²) in [5.74, 6) is -0.856. The van der Waals surface area contributed by atoms with E-state index in [4.69, 9.17) is 4.74 Å². The highest BCUT2D eigenvalue weighted by Crippen LogP contribution is 2.55.